The summed E-state index contributed by atoms with van der Waals surface area (Å²) < 4.78 is 0. The van der Waals surface area contributed by atoms with Gasteiger partial charge in [0.15, 0.2) is 0 Å². The van der Waals surface area contributed by atoms with E-state index in [0.717, 1.165) is 6.92 Å². The predicted molar refractivity (Wildman–Crippen MR) is 393 cm³/mol. The number of aliphatic hydroxyl groups excluding tert-OH is 1. The van der Waals surface area contributed by atoms with E-state index in [4.69, 9.17) is 22.9 Å². The Balaban J connectivity index is 2.29. The monoisotopic (exact) mass is 1540 g/mol. The van der Waals surface area contributed by atoms with Gasteiger partial charge in [0.25, 0.3) is 0 Å². The van der Waals surface area contributed by atoms with Gasteiger partial charge in [-0.05, 0) is 125 Å². The fourth-order valence-corrected chi connectivity index (χ4v) is 10.6. The van der Waals surface area contributed by atoms with E-state index in [1.165, 1.54) is 48.5 Å². The average molecular weight is 1540 g/mol. The van der Waals surface area contributed by atoms with E-state index in [2.05, 4.69) is 81.7 Å². The number of carboxylic acids is 2. The van der Waals surface area contributed by atoms with E-state index >= 15 is 0 Å². The zero-order valence-corrected chi connectivity index (χ0v) is 62.6. The smallest absolute Gasteiger partial charge is 0.327 e. The minimum atomic E-state index is -1.87. The van der Waals surface area contributed by atoms with Gasteiger partial charge in [-0.1, -0.05) is 72.2 Å². The summed E-state index contributed by atoms with van der Waals surface area (Å²) in [7, 11) is 0. The number of nitrogens with one attached hydrogen (secondary N) is 13. The lowest BCUT2D eigenvalue weighted by Crippen LogP contribution is -2.61. The number of carbonyl (C=O) groups excluding carboxylic acids is 14. The highest BCUT2D eigenvalue weighted by Gasteiger charge is 2.37. The number of hydrogen-bond acceptors (Lipinski definition) is 23. The van der Waals surface area contributed by atoms with Gasteiger partial charge in [-0.25, -0.2) is 4.79 Å². The first-order chi connectivity index (χ1) is 50.9. The largest absolute Gasteiger partial charge is 0.508 e. The Morgan fingerprint density at radius 3 is 1.22 bits per heavy atom. The van der Waals surface area contributed by atoms with Crippen molar-refractivity contribution in [2.45, 2.75) is 205 Å². The van der Waals surface area contributed by atoms with Gasteiger partial charge >= 0.3 is 11.9 Å². The van der Waals surface area contributed by atoms with E-state index in [1.807, 2.05) is 0 Å². The maximum Gasteiger partial charge on any atom is 0.327 e. The van der Waals surface area contributed by atoms with Crippen LogP contribution in [0.15, 0.2) is 48.5 Å². The number of benzene rings is 2. The number of unbranched alkanes of at least 4 members (excludes halogenated alkanes) is 2. The third kappa shape index (κ3) is 35.0. The zero-order valence-electron chi connectivity index (χ0n) is 61.7. The lowest BCUT2D eigenvalue weighted by molar-refractivity contribution is -0.141. The second-order valence-corrected chi connectivity index (χ2v) is 27.0. The Kier molecular flexibility index (Phi) is 42.4. The van der Waals surface area contributed by atoms with Crippen molar-refractivity contribution in [3.63, 3.8) is 0 Å². The lowest BCUT2D eigenvalue weighted by Gasteiger charge is -2.29. The molecule has 26 N–H and O–H groups in total. The van der Waals surface area contributed by atoms with Crippen molar-refractivity contribution in [2.24, 2.45) is 40.7 Å². The molecule has 0 saturated heterocycles. The Bertz CT molecular complexity index is 3370. The van der Waals surface area contributed by atoms with Crippen LogP contribution in [0, 0.1) is 17.8 Å². The molecule has 0 bridgehead atoms. The van der Waals surface area contributed by atoms with Gasteiger partial charge in [0.2, 0.25) is 82.7 Å². The molecule has 0 aliphatic rings. The van der Waals surface area contributed by atoms with Gasteiger partial charge in [-0.2, -0.15) is 12.6 Å². The van der Waals surface area contributed by atoms with Crippen molar-refractivity contribution >= 4 is 107 Å². The molecule has 0 aliphatic carbocycles. The molecule has 108 heavy (non-hydrogen) atoms. The van der Waals surface area contributed by atoms with Gasteiger partial charge in [-0.15, -0.1) is 0 Å². The molecule has 0 radical (unpaired) electrons. The molecule has 0 fully saturated rings. The summed E-state index contributed by atoms with van der Waals surface area (Å²) in [6.45, 7) is 8.61. The predicted octanol–water partition coefficient (Wildman–Crippen LogP) is -5.45. The summed E-state index contributed by atoms with van der Waals surface area (Å²) in [6.07, 6.45) is -1.75. The summed E-state index contributed by atoms with van der Waals surface area (Å²) in [5.41, 5.74) is 23.2. The number of phenolic OH excluding ortho intramolecular Hbond substituents is 2. The number of carbonyl (C=O) groups is 16. The highest BCUT2D eigenvalue weighted by molar-refractivity contribution is 7.80. The van der Waals surface area contributed by atoms with Crippen molar-refractivity contribution in [3.8, 4) is 11.5 Å². The highest BCUT2D eigenvalue weighted by Crippen LogP contribution is 2.17. The first-order valence-electron chi connectivity index (χ1n) is 35.4. The number of hydrogen-bond donors (Lipinski definition) is 23. The van der Waals surface area contributed by atoms with Crippen LogP contribution in [-0.2, 0) is 89.6 Å². The number of phenols is 2. The molecule has 602 valence electrons. The summed E-state index contributed by atoms with van der Waals surface area (Å²) >= 11 is 4.00. The van der Waals surface area contributed by atoms with E-state index in [0.29, 0.717) is 43.2 Å². The summed E-state index contributed by atoms with van der Waals surface area (Å²) in [6, 6.07) is -4.78. The topological polar surface area (TPSA) is 635 Å². The number of rotatable bonds is 51. The average Bonchev–Trinajstić information content (AvgIpc) is 0.845. The fraction of sp³-hybridized carbons (Fsp3) is 0.594. The van der Waals surface area contributed by atoms with Crippen LogP contribution < -0.4 is 92.1 Å². The van der Waals surface area contributed by atoms with Crippen LogP contribution in [0.25, 0.3) is 0 Å². The Morgan fingerprint density at radius 1 is 0.417 bits per heavy atom. The Morgan fingerprint density at radius 2 is 0.787 bits per heavy atom. The Labute approximate surface area is 631 Å². The molecule has 0 heterocycles. The number of aromatic hydroxyl groups is 2. The summed E-state index contributed by atoms with van der Waals surface area (Å²) in [5, 5.41) is 81.5. The standard InChI is InChI=1S/C69H109N17O21S/c1-8-37(6)57(86-63(100)45(14-10-12-28-71)78-59(96)43(72)23-25-50(73)90)65(102)76-31-51(91)77-46(24-26-54(94)95)60(97)74-33-53(93)84-58(38(7)87)68(105)80-47(29-39-15-19-41(88)20-16-39)61(98)75-32-52(92)83-55(35(2)3)67(104)85-56(36(4)5)66(103)81-48(30-40-17-21-42(89)22-18-40)64(101)79-44(13-9-11-27-70)62(99)82-49(34-108)69(106)107/h15-22,35-38,43-49,55-58,87-89,108H,8-14,23-34,70-72H2,1-7H3,(H2,73,90)(H,74,97)(H,75,98)(H,76,102)(H,77,91)(H,78,96)(H,79,101)(H,80,105)(H,81,103)(H,82,99)(H,83,92)(H,84,93)(H,85,104)(H,86,100)(H,94,95)(H,106,107)/t37-,38+,43-,44-,45-,46-,47-,48-,49-,55-,56-,57-,58-/m0/s1. The fourth-order valence-electron chi connectivity index (χ4n) is 10.4. The minimum Gasteiger partial charge on any atom is -0.508 e. The molecular formula is C69H109N17O21S. The summed E-state index contributed by atoms with van der Waals surface area (Å²) in [4.78, 5) is 213. The molecule has 38 nitrogen and oxygen atoms in total. The molecule has 2 aromatic carbocycles. The van der Waals surface area contributed by atoms with E-state index in [-0.39, 0.29) is 68.9 Å². The van der Waals surface area contributed by atoms with Crippen LogP contribution in [0.5, 0.6) is 11.5 Å². The van der Waals surface area contributed by atoms with E-state index in [9.17, 15) is 102 Å². The van der Waals surface area contributed by atoms with Gasteiger partial charge in [0.1, 0.15) is 71.9 Å². The number of aliphatic hydroxyl groups is 1. The van der Waals surface area contributed by atoms with Crippen LogP contribution in [0.3, 0.4) is 0 Å². The van der Waals surface area contributed by atoms with Gasteiger partial charge in [0, 0.05) is 31.4 Å². The molecule has 14 amide bonds. The number of aliphatic carboxylic acids is 2. The molecule has 39 heteroatoms. The molecule has 2 aromatic rings. The van der Waals surface area contributed by atoms with Crippen LogP contribution in [0.2, 0.25) is 0 Å². The van der Waals surface area contributed by atoms with Crippen molar-refractivity contribution in [1.29, 1.82) is 0 Å². The normalized spacial score (nSPS) is 14.7. The van der Waals surface area contributed by atoms with Gasteiger partial charge in [0.05, 0.1) is 31.8 Å². The zero-order chi connectivity index (χ0) is 81.5. The van der Waals surface area contributed by atoms with E-state index < -0.39 is 217 Å². The Hall–Kier alpha value is -10.3. The second kappa shape index (κ2) is 48.9. The number of nitrogens with two attached hydrogens (primary N) is 4. The number of amides is 14. The van der Waals surface area contributed by atoms with Crippen molar-refractivity contribution in [1.82, 2.24) is 69.1 Å². The third-order valence-corrected chi connectivity index (χ3v) is 17.3. The molecule has 0 saturated carbocycles. The van der Waals surface area contributed by atoms with Crippen molar-refractivity contribution < 1.29 is 102 Å². The van der Waals surface area contributed by atoms with Crippen molar-refractivity contribution in [2.75, 3.05) is 38.5 Å². The molecule has 0 unspecified atom stereocenters. The lowest BCUT2D eigenvalue weighted by atomic mass is 9.97. The molecule has 0 spiro atoms. The first-order valence-corrected chi connectivity index (χ1v) is 36.1. The second-order valence-electron chi connectivity index (χ2n) is 26.6. The maximum atomic E-state index is 14.3. The van der Waals surface area contributed by atoms with Crippen molar-refractivity contribution in [3.05, 3.63) is 59.7 Å². The first kappa shape index (κ1) is 93.8. The van der Waals surface area contributed by atoms with Crippen LogP contribution in [0.4, 0.5) is 0 Å². The van der Waals surface area contributed by atoms with Gasteiger partial charge < -0.3 is 118 Å². The summed E-state index contributed by atoms with van der Waals surface area (Å²) in [5.74, 6) is -18.3. The van der Waals surface area contributed by atoms with E-state index in [1.54, 1.807) is 41.5 Å². The SMILES string of the molecule is CC[C@H](C)[C@H](NC(=O)[C@H](CCCCN)NC(=O)[C@@H](N)CCC(N)=O)C(=O)NCC(=O)N[C@@H](CCC(=O)O)C(=O)NCC(=O)N[C@H](C(=O)N[C@@H](Cc1ccc(O)cc1)C(=O)NCC(=O)N[C@H](C(=O)N[C@H](C(=O)N[C@@H](Cc1ccc(O)cc1)C(=O)N[C@@H](CCCCN)C(=O)N[C@@H](CS)C(=O)O)C(C)C)C(C)C)[C@@H](C)O. The number of thiol groups is 1. The number of carboxylic acid groups (broad SMARTS) is 2. The molecule has 2 rings (SSSR count). The molecule has 0 aromatic heterocycles. The quantitative estimate of drug-likeness (QED) is 0.0217. The number of primary amides is 1. The molecule has 13 atom stereocenters. The van der Waals surface area contributed by atoms with Crippen LogP contribution in [0.1, 0.15) is 130 Å². The minimum absolute atomic E-state index is 0.0215. The maximum absolute atomic E-state index is 14.3. The van der Waals surface area contributed by atoms with Gasteiger partial charge in [-0.3, -0.25) is 71.9 Å². The molecular weight excluding hydrogens is 1430 g/mol. The third-order valence-electron chi connectivity index (χ3n) is 17.0. The highest BCUT2D eigenvalue weighted by atomic mass is 32.1. The van der Waals surface area contributed by atoms with Crippen LogP contribution >= 0.6 is 12.6 Å². The molecule has 0 aliphatic heterocycles. The van der Waals surface area contributed by atoms with Crippen LogP contribution in [-0.4, -0.2) is 231 Å².